The fourth-order valence-corrected chi connectivity index (χ4v) is 1.69. The standard InChI is InChI=1S/C13H9BrN4O/c14-9-1-3-12(17-7-9)13(19)18-11-4-2-10(16)5-8(11)6-15/h1-5,7H,16H2,(H,18,19). The van der Waals surface area contributed by atoms with Gasteiger partial charge in [-0.25, -0.2) is 4.98 Å². The van der Waals surface area contributed by atoms with Crippen molar-refractivity contribution in [2.24, 2.45) is 0 Å². The Morgan fingerprint density at radius 2 is 2.16 bits per heavy atom. The third-order valence-electron chi connectivity index (χ3n) is 2.37. The highest BCUT2D eigenvalue weighted by Gasteiger charge is 2.10. The highest BCUT2D eigenvalue weighted by molar-refractivity contribution is 9.10. The molecule has 94 valence electrons. The van der Waals surface area contributed by atoms with Crippen molar-refractivity contribution >= 4 is 33.2 Å². The van der Waals surface area contributed by atoms with E-state index in [2.05, 4.69) is 26.2 Å². The van der Waals surface area contributed by atoms with Crippen molar-refractivity contribution in [2.75, 3.05) is 11.1 Å². The summed E-state index contributed by atoms with van der Waals surface area (Å²) < 4.78 is 0.786. The summed E-state index contributed by atoms with van der Waals surface area (Å²) in [5.74, 6) is -0.381. The fourth-order valence-electron chi connectivity index (χ4n) is 1.46. The first-order valence-electron chi connectivity index (χ1n) is 5.32. The van der Waals surface area contributed by atoms with Crippen molar-refractivity contribution < 1.29 is 4.79 Å². The van der Waals surface area contributed by atoms with Gasteiger partial charge in [0.2, 0.25) is 0 Å². The number of anilines is 2. The van der Waals surface area contributed by atoms with Crippen molar-refractivity contribution in [1.82, 2.24) is 4.98 Å². The van der Waals surface area contributed by atoms with E-state index < -0.39 is 0 Å². The van der Waals surface area contributed by atoms with Gasteiger partial charge < -0.3 is 11.1 Å². The second-order valence-electron chi connectivity index (χ2n) is 3.73. The van der Waals surface area contributed by atoms with Crippen LogP contribution in [-0.4, -0.2) is 10.9 Å². The van der Waals surface area contributed by atoms with Crippen LogP contribution >= 0.6 is 15.9 Å². The number of hydrogen-bond donors (Lipinski definition) is 2. The Bertz CT molecular complexity index is 661. The second kappa shape index (κ2) is 5.50. The van der Waals surface area contributed by atoms with Crippen LogP contribution in [0.25, 0.3) is 0 Å². The molecule has 0 aliphatic rings. The third kappa shape index (κ3) is 3.09. The molecule has 0 unspecified atom stereocenters. The zero-order valence-electron chi connectivity index (χ0n) is 9.72. The van der Waals surface area contributed by atoms with E-state index in [-0.39, 0.29) is 11.6 Å². The summed E-state index contributed by atoms with van der Waals surface area (Å²) in [5, 5.41) is 11.6. The Kier molecular flexibility index (Phi) is 3.78. The molecule has 2 rings (SSSR count). The second-order valence-corrected chi connectivity index (χ2v) is 4.65. The molecule has 19 heavy (non-hydrogen) atoms. The molecule has 0 aliphatic carbocycles. The number of nitrogens with one attached hydrogen (secondary N) is 1. The lowest BCUT2D eigenvalue weighted by Gasteiger charge is -2.07. The topological polar surface area (TPSA) is 91.8 Å². The molecule has 1 heterocycles. The minimum Gasteiger partial charge on any atom is -0.399 e. The molecule has 0 fully saturated rings. The lowest BCUT2D eigenvalue weighted by molar-refractivity contribution is 0.102. The van der Waals surface area contributed by atoms with Gasteiger partial charge in [0, 0.05) is 16.4 Å². The highest BCUT2D eigenvalue weighted by Crippen LogP contribution is 2.18. The SMILES string of the molecule is N#Cc1cc(N)ccc1NC(=O)c1ccc(Br)cn1. The Balaban J connectivity index is 2.24. The molecular weight excluding hydrogens is 308 g/mol. The molecule has 3 N–H and O–H groups in total. The molecule has 0 saturated heterocycles. The number of hydrogen-bond acceptors (Lipinski definition) is 4. The minimum absolute atomic E-state index is 0.268. The molecule has 0 spiro atoms. The van der Waals surface area contributed by atoms with Crippen LogP contribution in [-0.2, 0) is 0 Å². The van der Waals surface area contributed by atoms with Crippen LogP contribution in [0.4, 0.5) is 11.4 Å². The number of nitrogen functional groups attached to an aromatic ring is 1. The first-order valence-corrected chi connectivity index (χ1v) is 6.12. The number of nitriles is 1. The Morgan fingerprint density at radius 1 is 1.37 bits per heavy atom. The number of aromatic nitrogens is 1. The van der Waals surface area contributed by atoms with E-state index in [0.717, 1.165) is 4.47 Å². The number of carbonyl (C=O) groups excluding carboxylic acids is 1. The summed E-state index contributed by atoms with van der Waals surface area (Å²) in [6.45, 7) is 0. The van der Waals surface area contributed by atoms with E-state index >= 15 is 0 Å². The fraction of sp³-hybridized carbons (Fsp3) is 0. The van der Waals surface area contributed by atoms with Gasteiger partial charge in [0.05, 0.1) is 11.3 Å². The van der Waals surface area contributed by atoms with Gasteiger partial charge in [0.25, 0.3) is 5.91 Å². The first-order chi connectivity index (χ1) is 9.10. The number of rotatable bonds is 2. The summed E-state index contributed by atoms with van der Waals surface area (Å²) in [5.41, 5.74) is 7.04. The van der Waals surface area contributed by atoms with Crippen molar-refractivity contribution in [3.63, 3.8) is 0 Å². The molecular formula is C13H9BrN4O. The molecule has 1 aromatic carbocycles. The van der Waals surface area contributed by atoms with Crippen molar-refractivity contribution in [2.45, 2.75) is 0 Å². The van der Waals surface area contributed by atoms with Crippen LogP contribution < -0.4 is 11.1 Å². The van der Waals surface area contributed by atoms with Gasteiger partial charge in [-0.15, -0.1) is 0 Å². The van der Waals surface area contributed by atoms with Crippen LogP contribution in [0.15, 0.2) is 41.0 Å². The van der Waals surface area contributed by atoms with Gasteiger partial charge in [-0.05, 0) is 46.3 Å². The largest absolute Gasteiger partial charge is 0.399 e. The predicted octanol–water partition coefficient (Wildman–Crippen LogP) is 2.55. The molecule has 1 amide bonds. The number of nitrogens with two attached hydrogens (primary N) is 1. The van der Waals surface area contributed by atoms with Crippen LogP contribution in [0.5, 0.6) is 0 Å². The smallest absolute Gasteiger partial charge is 0.274 e. The number of carbonyl (C=O) groups is 1. The minimum atomic E-state index is -0.381. The Morgan fingerprint density at radius 3 is 2.79 bits per heavy atom. The summed E-state index contributed by atoms with van der Waals surface area (Å²) >= 11 is 3.24. The lowest BCUT2D eigenvalue weighted by atomic mass is 10.1. The van der Waals surface area contributed by atoms with Gasteiger partial charge in [-0.3, -0.25) is 4.79 Å². The van der Waals surface area contributed by atoms with Crippen molar-refractivity contribution in [1.29, 1.82) is 5.26 Å². The first kappa shape index (κ1) is 13.1. The van der Waals surface area contributed by atoms with Gasteiger partial charge in [0.1, 0.15) is 11.8 Å². The Hall–Kier alpha value is -2.39. The number of nitrogens with zero attached hydrogens (tertiary/aromatic N) is 2. The average Bonchev–Trinajstić information content (AvgIpc) is 2.41. The summed E-state index contributed by atoms with van der Waals surface area (Å²) in [6, 6.07) is 9.99. The normalized spacial score (nSPS) is 9.68. The maximum Gasteiger partial charge on any atom is 0.274 e. The average molecular weight is 317 g/mol. The summed E-state index contributed by atoms with van der Waals surface area (Å²) in [4.78, 5) is 15.9. The quantitative estimate of drug-likeness (QED) is 0.833. The van der Waals surface area contributed by atoms with Crippen LogP contribution in [0.2, 0.25) is 0 Å². The third-order valence-corrected chi connectivity index (χ3v) is 2.84. The lowest BCUT2D eigenvalue weighted by Crippen LogP contribution is -2.14. The summed E-state index contributed by atoms with van der Waals surface area (Å²) in [6.07, 6.45) is 1.53. The van der Waals surface area contributed by atoms with Gasteiger partial charge >= 0.3 is 0 Å². The molecule has 0 saturated carbocycles. The summed E-state index contributed by atoms with van der Waals surface area (Å²) in [7, 11) is 0. The van der Waals surface area contributed by atoms with E-state index in [4.69, 9.17) is 11.0 Å². The van der Waals surface area contributed by atoms with E-state index in [9.17, 15) is 4.79 Å². The van der Waals surface area contributed by atoms with Crippen LogP contribution in [0.1, 0.15) is 16.1 Å². The molecule has 5 nitrogen and oxygen atoms in total. The molecule has 0 bridgehead atoms. The van der Waals surface area contributed by atoms with Gasteiger partial charge in [-0.2, -0.15) is 5.26 Å². The Labute approximate surface area is 118 Å². The van der Waals surface area contributed by atoms with E-state index in [1.54, 1.807) is 24.3 Å². The zero-order chi connectivity index (χ0) is 13.8. The number of amides is 1. The molecule has 0 atom stereocenters. The van der Waals surface area contributed by atoms with Crippen LogP contribution in [0.3, 0.4) is 0 Å². The van der Waals surface area contributed by atoms with Gasteiger partial charge in [-0.1, -0.05) is 0 Å². The highest BCUT2D eigenvalue weighted by atomic mass is 79.9. The predicted molar refractivity (Wildman–Crippen MR) is 75.5 cm³/mol. The maximum absolute atomic E-state index is 11.9. The maximum atomic E-state index is 11.9. The molecule has 6 heteroatoms. The van der Waals surface area contributed by atoms with Crippen molar-refractivity contribution in [3.8, 4) is 6.07 Å². The molecule has 1 aromatic heterocycles. The van der Waals surface area contributed by atoms with Crippen LogP contribution in [0, 0.1) is 11.3 Å². The molecule has 0 radical (unpaired) electrons. The number of benzene rings is 1. The van der Waals surface area contributed by atoms with Crippen molar-refractivity contribution in [3.05, 3.63) is 52.3 Å². The van der Waals surface area contributed by atoms with E-state index in [1.807, 2.05) is 6.07 Å². The van der Waals surface area contributed by atoms with E-state index in [1.165, 1.54) is 12.3 Å². The molecule has 0 aliphatic heterocycles. The van der Waals surface area contributed by atoms with Gasteiger partial charge in [0.15, 0.2) is 0 Å². The molecule has 2 aromatic rings. The number of pyridine rings is 1. The number of halogens is 1. The zero-order valence-corrected chi connectivity index (χ0v) is 11.3. The van der Waals surface area contributed by atoms with E-state index in [0.29, 0.717) is 16.9 Å². The monoisotopic (exact) mass is 316 g/mol.